The van der Waals surface area contributed by atoms with Crippen molar-refractivity contribution >= 4 is 40.2 Å². The third-order valence-electron chi connectivity index (χ3n) is 7.14. The molecule has 2 heterocycles. The lowest BCUT2D eigenvalue weighted by molar-refractivity contribution is -0.385. The first-order valence-electron chi connectivity index (χ1n) is 12.7. The van der Waals surface area contributed by atoms with Crippen molar-refractivity contribution in [3.63, 3.8) is 0 Å². The fraction of sp³-hybridized carbons (Fsp3) is 0.393. The lowest BCUT2D eigenvalue weighted by Gasteiger charge is -2.35. The number of aliphatic imine (C=N–C) groups is 1. The van der Waals surface area contributed by atoms with Crippen LogP contribution in [0.1, 0.15) is 37.8 Å². The van der Waals surface area contributed by atoms with E-state index in [4.69, 9.17) is 14.5 Å². The zero-order valence-corrected chi connectivity index (χ0v) is 21.6. The molecule has 10 nitrogen and oxygen atoms in total. The van der Waals surface area contributed by atoms with Crippen molar-refractivity contribution in [2.45, 2.75) is 45.3 Å². The van der Waals surface area contributed by atoms with Crippen molar-refractivity contribution in [2.24, 2.45) is 10.9 Å². The molecule has 10 heteroatoms. The van der Waals surface area contributed by atoms with Crippen LogP contribution < -0.4 is 10.1 Å². The van der Waals surface area contributed by atoms with Crippen LogP contribution in [-0.4, -0.2) is 59.8 Å². The molecule has 2 aromatic rings. The van der Waals surface area contributed by atoms with Gasteiger partial charge in [-0.25, -0.2) is 0 Å². The summed E-state index contributed by atoms with van der Waals surface area (Å²) in [5, 5.41) is 14.3. The molecule has 5 rings (SSSR count). The number of nitrogens with zero attached hydrogens (tertiary/aromatic N) is 3. The summed E-state index contributed by atoms with van der Waals surface area (Å²) in [5.41, 5.74) is 4.25. The smallest absolute Gasteiger partial charge is 0.310 e. The molecule has 2 aliphatic heterocycles. The number of morpholine rings is 1. The van der Waals surface area contributed by atoms with Crippen LogP contribution >= 0.6 is 0 Å². The Morgan fingerprint density at radius 1 is 1.21 bits per heavy atom. The van der Waals surface area contributed by atoms with Gasteiger partial charge in [0, 0.05) is 19.2 Å². The van der Waals surface area contributed by atoms with Gasteiger partial charge in [-0.15, -0.1) is 0 Å². The second kappa shape index (κ2) is 10.4. The molecule has 3 atom stereocenters. The Morgan fingerprint density at radius 3 is 2.68 bits per heavy atom. The summed E-state index contributed by atoms with van der Waals surface area (Å²) in [7, 11) is 1.40. The number of nitro benzene ring substituents is 1. The quantitative estimate of drug-likeness (QED) is 0.465. The van der Waals surface area contributed by atoms with E-state index in [1.165, 1.54) is 13.2 Å². The third kappa shape index (κ3) is 5.17. The summed E-state index contributed by atoms with van der Waals surface area (Å²) in [6, 6.07) is 10.3. The summed E-state index contributed by atoms with van der Waals surface area (Å²) in [6.45, 7) is 5.06. The van der Waals surface area contributed by atoms with Crippen molar-refractivity contribution < 1.29 is 24.0 Å². The highest BCUT2D eigenvalue weighted by Crippen LogP contribution is 2.38. The maximum Gasteiger partial charge on any atom is 0.310 e. The number of carbonyl (C=O) groups excluding carboxylic acids is 2. The predicted molar refractivity (Wildman–Crippen MR) is 143 cm³/mol. The van der Waals surface area contributed by atoms with Gasteiger partial charge in [0.15, 0.2) is 5.75 Å². The van der Waals surface area contributed by atoms with Gasteiger partial charge in [-0.3, -0.25) is 24.7 Å². The van der Waals surface area contributed by atoms with Crippen LogP contribution in [0.2, 0.25) is 0 Å². The number of hydrogen-bond donors (Lipinski definition) is 1. The van der Waals surface area contributed by atoms with E-state index in [1.807, 2.05) is 37.0 Å². The Kier molecular flexibility index (Phi) is 6.98. The van der Waals surface area contributed by atoms with Crippen LogP contribution in [0, 0.1) is 16.0 Å². The summed E-state index contributed by atoms with van der Waals surface area (Å²) in [5.74, 6) is -0.325. The topological polar surface area (TPSA) is 123 Å². The highest BCUT2D eigenvalue weighted by atomic mass is 16.6. The van der Waals surface area contributed by atoms with Gasteiger partial charge in [-0.05, 0) is 73.7 Å². The lowest BCUT2D eigenvalue weighted by atomic mass is 9.84. The van der Waals surface area contributed by atoms with Crippen LogP contribution in [-0.2, 0) is 20.7 Å². The first-order chi connectivity index (χ1) is 18.2. The second-order valence-electron chi connectivity index (χ2n) is 10.0. The number of carbonyl (C=O) groups is 2. The largest absolute Gasteiger partial charge is 0.490 e. The molecular weight excluding hydrogens is 488 g/mol. The monoisotopic (exact) mass is 518 g/mol. The van der Waals surface area contributed by atoms with E-state index in [2.05, 4.69) is 5.32 Å². The van der Waals surface area contributed by atoms with E-state index < -0.39 is 10.8 Å². The highest BCUT2D eigenvalue weighted by molar-refractivity contribution is 6.19. The van der Waals surface area contributed by atoms with Crippen molar-refractivity contribution in [2.75, 3.05) is 25.5 Å². The zero-order valence-electron chi connectivity index (χ0n) is 21.6. The average Bonchev–Trinajstić information content (AvgIpc) is 3.02. The summed E-state index contributed by atoms with van der Waals surface area (Å²) in [6.07, 6.45) is 3.29. The molecule has 1 saturated heterocycles. The van der Waals surface area contributed by atoms with Crippen LogP contribution in [0.4, 0.5) is 17.1 Å². The van der Waals surface area contributed by atoms with E-state index in [0.717, 1.165) is 16.7 Å². The Balaban J connectivity index is 1.43. The Bertz CT molecular complexity index is 1360. The van der Waals surface area contributed by atoms with Crippen molar-refractivity contribution in [1.29, 1.82) is 0 Å². The first-order valence-corrected chi connectivity index (χ1v) is 12.7. The Hall–Kier alpha value is -4.05. The molecule has 2 amide bonds. The van der Waals surface area contributed by atoms with Crippen molar-refractivity contribution in [3.8, 4) is 5.75 Å². The SMILES string of the molecule is COc1cc(C2=CC3=Nc4cc(CC(=O)N5CC(C)OC(C)C5)ccc4NC(=O)C3CC2)ccc1[N+](=O)[O-]. The van der Waals surface area contributed by atoms with Gasteiger partial charge in [-0.1, -0.05) is 6.07 Å². The van der Waals surface area contributed by atoms with Crippen LogP contribution in [0.3, 0.4) is 0 Å². The van der Waals surface area contributed by atoms with Crippen molar-refractivity contribution in [1.82, 2.24) is 4.90 Å². The molecule has 0 spiro atoms. The number of nitrogens with one attached hydrogen (secondary N) is 1. The molecule has 1 aliphatic carbocycles. The molecule has 3 aliphatic rings. The maximum absolute atomic E-state index is 13.0. The van der Waals surface area contributed by atoms with Gasteiger partial charge in [0.05, 0.1) is 53.7 Å². The minimum atomic E-state index is -0.479. The number of benzene rings is 2. The number of anilines is 1. The first kappa shape index (κ1) is 25.6. The Morgan fingerprint density at radius 2 is 1.97 bits per heavy atom. The highest BCUT2D eigenvalue weighted by Gasteiger charge is 2.31. The fourth-order valence-electron chi connectivity index (χ4n) is 5.34. The number of hydrogen-bond acceptors (Lipinski definition) is 7. The Labute approximate surface area is 220 Å². The molecule has 0 aromatic heterocycles. The predicted octanol–water partition coefficient (Wildman–Crippen LogP) is 4.30. The van der Waals surface area contributed by atoms with E-state index in [0.29, 0.717) is 43.0 Å². The van der Waals surface area contributed by atoms with Gasteiger partial charge >= 0.3 is 5.69 Å². The molecule has 1 N–H and O–H groups in total. The summed E-state index contributed by atoms with van der Waals surface area (Å²) >= 11 is 0. The number of methoxy groups -OCH3 is 1. The van der Waals surface area contributed by atoms with Gasteiger partial charge < -0.3 is 19.7 Å². The minimum absolute atomic E-state index is 0.00343. The normalized spacial score (nSPS) is 22.8. The molecule has 0 saturated carbocycles. The summed E-state index contributed by atoms with van der Waals surface area (Å²) < 4.78 is 11.0. The van der Waals surface area contributed by atoms with Crippen LogP contribution in [0.5, 0.6) is 5.75 Å². The fourth-order valence-corrected chi connectivity index (χ4v) is 5.34. The minimum Gasteiger partial charge on any atom is -0.490 e. The van der Waals surface area contributed by atoms with Gasteiger partial charge in [0.2, 0.25) is 11.8 Å². The van der Waals surface area contributed by atoms with E-state index >= 15 is 0 Å². The number of nitro groups is 1. The number of fused-ring (bicyclic) bond motifs is 2. The molecule has 1 fully saturated rings. The molecular formula is C28H30N4O6. The van der Waals surface area contributed by atoms with E-state index in [1.54, 1.807) is 18.2 Å². The van der Waals surface area contributed by atoms with Gasteiger partial charge in [0.1, 0.15) is 0 Å². The number of rotatable bonds is 5. The van der Waals surface area contributed by atoms with E-state index in [9.17, 15) is 19.7 Å². The molecule has 2 aromatic carbocycles. The molecule has 198 valence electrons. The molecule has 0 bridgehead atoms. The maximum atomic E-state index is 13.0. The van der Waals surface area contributed by atoms with Gasteiger partial charge in [-0.2, -0.15) is 0 Å². The number of amides is 2. The molecule has 38 heavy (non-hydrogen) atoms. The second-order valence-corrected chi connectivity index (χ2v) is 10.0. The number of ether oxygens (including phenoxy) is 2. The van der Waals surface area contributed by atoms with Crippen LogP contribution in [0.15, 0.2) is 47.5 Å². The van der Waals surface area contributed by atoms with Crippen LogP contribution in [0.25, 0.3) is 5.57 Å². The van der Waals surface area contributed by atoms with Gasteiger partial charge in [0.25, 0.3) is 0 Å². The standard InChI is InChI=1S/C28H30N4O6/c1-16-14-31(15-17(2)38-16)27(33)11-18-4-8-22-24(10-18)29-23-12-19(5-7-21(23)28(34)30-22)20-6-9-25(32(35)36)26(13-20)37-3/h4,6,8-10,12-13,16-17,21H,5,7,11,14-15H2,1-3H3,(H,30,34). The number of allylic oxidation sites excluding steroid dienone is 2. The molecule has 3 unspecified atom stereocenters. The average molecular weight is 519 g/mol. The third-order valence-corrected chi connectivity index (χ3v) is 7.14. The van der Waals surface area contributed by atoms with Crippen molar-refractivity contribution in [3.05, 3.63) is 63.7 Å². The van der Waals surface area contributed by atoms with E-state index in [-0.39, 0.29) is 41.9 Å². The lowest BCUT2D eigenvalue weighted by Crippen LogP contribution is -2.48. The molecule has 0 radical (unpaired) electrons. The summed E-state index contributed by atoms with van der Waals surface area (Å²) in [4.78, 5) is 43.5. The zero-order chi connectivity index (χ0) is 27.0.